The summed E-state index contributed by atoms with van der Waals surface area (Å²) in [6, 6.07) is 15.9. The first-order valence-electron chi connectivity index (χ1n) is 9.71. The molecule has 0 aromatic heterocycles. The molecule has 1 aliphatic rings. The van der Waals surface area contributed by atoms with E-state index in [9.17, 15) is 4.79 Å². The van der Waals surface area contributed by atoms with Gasteiger partial charge in [-0.25, -0.2) is 0 Å². The highest BCUT2D eigenvalue weighted by molar-refractivity contribution is 6.31. The summed E-state index contributed by atoms with van der Waals surface area (Å²) in [6.07, 6.45) is 1.07. The number of hydrogen-bond donors (Lipinski definition) is 1. The maximum atomic E-state index is 12.2. The van der Waals surface area contributed by atoms with Gasteiger partial charge < -0.3 is 10.2 Å². The van der Waals surface area contributed by atoms with Crippen LogP contribution in [0.15, 0.2) is 48.5 Å². The molecular weight excluding hydrogens is 358 g/mol. The third-order valence-electron chi connectivity index (χ3n) is 5.14. The zero-order valence-corrected chi connectivity index (χ0v) is 16.7. The van der Waals surface area contributed by atoms with Crippen LogP contribution in [0, 0.1) is 0 Å². The number of halogens is 1. The number of anilines is 1. The highest BCUT2D eigenvalue weighted by Gasteiger charge is 2.15. The summed E-state index contributed by atoms with van der Waals surface area (Å²) < 4.78 is 0. The number of nitrogens with zero attached hydrogens (tertiary/aromatic N) is 2. The first kappa shape index (κ1) is 19.9. The lowest BCUT2D eigenvalue weighted by Crippen LogP contribution is -2.45. The van der Waals surface area contributed by atoms with Crippen LogP contribution in [-0.2, 0) is 17.8 Å². The van der Waals surface area contributed by atoms with Crippen molar-refractivity contribution in [3.63, 3.8) is 0 Å². The topological polar surface area (TPSA) is 35.6 Å². The maximum absolute atomic E-state index is 12.2. The Balaban J connectivity index is 1.44. The molecule has 2 aromatic carbocycles. The van der Waals surface area contributed by atoms with Gasteiger partial charge in [0.05, 0.1) is 0 Å². The fraction of sp³-hybridized carbons (Fsp3) is 0.409. The van der Waals surface area contributed by atoms with Gasteiger partial charge in [-0.15, -0.1) is 0 Å². The van der Waals surface area contributed by atoms with Gasteiger partial charge in [0, 0.05) is 49.9 Å². The predicted molar refractivity (Wildman–Crippen MR) is 112 cm³/mol. The quantitative estimate of drug-likeness (QED) is 0.781. The van der Waals surface area contributed by atoms with Crippen LogP contribution in [0.2, 0.25) is 5.02 Å². The summed E-state index contributed by atoms with van der Waals surface area (Å²) >= 11 is 6.14. The second-order valence-corrected chi connectivity index (χ2v) is 7.45. The van der Waals surface area contributed by atoms with Crippen LogP contribution in [0.5, 0.6) is 0 Å². The van der Waals surface area contributed by atoms with E-state index in [2.05, 4.69) is 34.2 Å². The Morgan fingerprint density at radius 2 is 1.67 bits per heavy atom. The zero-order valence-electron chi connectivity index (χ0n) is 16.0. The Morgan fingerprint density at radius 3 is 2.33 bits per heavy atom. The van der Waals surface area contributed by atoms with Gasteiger partial charge in [-0.3, -0.25) is 9.69 Å². The van der Waals surface area contributed by atoms with Crippen LogP contribution in [0.1, 0.15) is 24.5 Å². The van der Waals surface area contributed by atoms with E-state index in [-0.39, 0.29) is 5.91 Å². The van der Waals surface area contributed by atoms with Crippen LogP contribution >= 0.6 is 11.6 Å². The summed E-state index contributed by atoms with van der Waals surface area (Å²) in [4.78, 5) is 17.2. The van der Waals surface area contributed by atoms with Crippen molar-refractivity contribution < 1.29 is 4.79 Å². The number of carbonyl (C=O) groups excluding carboxylic acids is 1. The average Bonchev–Trinajstić information content (AvgIpc) is 2.69. The average molecular weight is 386 g/mol. The molecule has 1 aliphatic heterocycles. The first-order valence-corrected chi connectivity index (χ1v) is 10.1. The fourth-order valence-corrected chi connectivity index (χ4v) is 3.62. The third-order valence-corrected chi connectivity index (χ3v) is 5.50. The molecule has 1 saturated heterocycles. The van der Waals surface area contributed by atoms with Crippen molar-refractivity contribution in [3.8, 4) is 0 Å². The van der Waals surface area contributed by atoms with E-state index in [4.69, 9.17) is 11.6 Å². The molecule has 5 heteroatoms. The normalized spacial score (nSPS) is 15.6. The number of piperazine rings is 1. The van der Waals surface area contributed by atoms with E-state index in [1.165, 1.54) is 5.56 Å². The minimum atomic E-state index is 0.0124. The minimum absolute atomic E-state index is 0.0124. The molecule has 144 valence electrons. The van der Waals surface area contributed by atoms with Gasteiger partial charge >= 0.3 is 0 Å². The second kappa shape index (κ2) is 9.88. The van der Waals surface area contributed by atoms with Gasteiger partial charge in [0.1, 0.15) is 0 Å². The van der Waals surface area contributed by atoms with E-state index >= 15 is 0 Å². The number of benzene rings is 2. The third kappa shape index (κ3) is 6.06. The van der Waals surface area contributed by atoms with Crippen LogP contribution in [0.25, 0.3) is 0 Å². The van der Waals surface area contributed by atoms with Crippen molar-refractivity contribution in [2.45, 2.75) is 26.3 Å². The molecule has 0 aliphatic carbocycles. The molecule has 0 unspecified atom stereocenters. The van der Waals surface area contributed by atoms with Crippen molar-refractivity contribution >= 4 is 23.2 Å². The Labute approximate surface area is 167 Å². The summed E-state index contributed by atoms with van der Waals surface area (Å²) in [5.41, 5.74) is 3.14. The largest absolute Gasteiger partial charge is 0.326 e. The molecule has 1 heterocycles. The summed E-state index contributed by atoms with van der Waals surface area (Å²) in [5.74, 6) is 0.0124. The van der Waals surface area contributed by atoms with Crippen LogP contribution in [-0.4, -0.2) is 48.4 Å². The summed E-state index contributed by atoms with van der Waals surface area (Å²) in [7, 11) is 0. The van der Waals surface area contributed by atoms with Crippen molar-refractivity contribution in [1.82, 2.24) is 9.80 Å². The van der Waals surface area contributed by atoms with E-state index in [0.29, 0.717) is 12.8 Å². The van der Waals surface area contributed by atoms with Gasteiger partial charge in [-0.1, -0.05) is 48.9 Å². The van der Waals surface area contributed by atoms with Crippen LogP contribution in [0.4, 0.5) is 5.69 Å². The Hall–Kier alpha value is -1.88. The molecule has 4 nitrogen and oxygen atoms in total. The van der Waals surface area contributed by atoms with E-state index in [1.54, 1.807) is 0 Å². The number of likely N-dealkylation sites (N-methyl/N-ethyl adjacent to an activating group) is 1. The van der Waals surface area contributed by atoms with E-state index < -0.39 is 0 Å². The number of carbonyl (C=O) groups is 1. The monoisotopic (exact) mass is 385 g/mol. The zero-order chi connectivity index (χ0) is 19.1. The molecule has 0 bridgehead atoms. The molecule has 1 N–H and O–H groups in total. The Morgan fingerprint density at radius 1 is 1.00 bits per heavy atom. The van der Waals surface area contributed by atoms with Gasteiger partial charge in [0.2, 0.25) is 5.91 Å². The van der Waals surface area contributed by atoms with Gasteiger partial charge in [-0.05, 0) is 42.3 Å². The number of nitrogens with one attached hydrogen (secondary N) is 1. The minimum Gasteiger partial charge on any atom is -0.326 e. The molecule has 27 heavy (non-hydrogen) atoms. The lowest BCUT2D eigenvalue weighted by molar-refractivity contribution is -0.116. The van der Waals surface area contributed by atoms with Gasteiger partial charge in [0.25, 0.3) is 0 Å². The summed E-state index contributed by atoms with van der Waals surface area (Å²) in [6.45, 7) is 8.86. The van der Waals surface area contributed by atoms with Gasteiger partial charge in [0.15, 0.2) is 0 Å². The van der Waals surface area contributed by atoms with Crippen molar-refractivity contribution in [3.05, 3.63) is 64.7 Å². The SMILES string of the molecule is CCN1CCN(Cc2ccc(NC(=O)CCc3ccccc3Cl)cc2)CC1. The lowest BCUT2D eigenvalue weighted by atomic mass is 10.1. The van der Waals surface area contributed by atoms with Crippen molar-refractivity contribution in [1.29, 1.82) is 0 Å². The second-order valence-electron chi connectivity index (χ2n) is 7.05. The number of amides is 1. The molecular formula is C22H28ClN3O. The maximum Gasteiger partial charge on any atom is 0.224 e. The van der Waals surface area contributed by atoms with Crippen LogP contribution < -0.4 is 5.32 Å². The molecule has 0 spiro atoms. The Kier molecular flexibility index (Phi) is 7.27. The number of aryl methyl sites for hydroxylation is 1. The Bertz CT molecular complexity index is 739. The first-order chi connectivity index (χ1) is 13.1. The smallest absolute Gasteiger partial charge is 0.224 e. The molecule has 3 rings (SSSR count). The molecule has 0 radical (unpaired) electrons. The van der Waals surface area contributed by atoms with Crippen LogP contribution in [0.3, 0.4) is 0 Å². The fourth-order valence-electron chi connectivity index (χ4n) is 3.39. The molecule has 1 fully saturated rings. The van der Waals surface area contributed by atoms with Crippen molar-refractivity contribution in [2.24, 2.45) is 0 Å². The number of rotatable bonds is 7. The van der Waals surface area contributed by atoms with Gasteiger partial charge in [-0.2, -0.15) is 0 Å². The van der Waals surface area contributed by atoms with Crippen molar-refractivity contribution in [2.75, 3.05) is 38.0 Å². The highest BCUT2D eigenvalue weighted by atomic mass is 35.5. The highest BCUT2D eigenvalue weighted by Crippen LogP contribution is 2.17. The molecule has 0 atom stereocenters. The standard InChI is InChI=1S/C22H28ClN3O/c1-2-25-13-15-26(16-14-25)17-18-7-10-20(11-8-18)24-22(27)12-9-19-5-3-4-6-21(19)23/h3-8,10-11H,2,9,12-17H2,1H3,(H,24,27). The molecule has 0 saturated carbocycles. The number of hydrogen-bond acceptors (Lipinski definition) is 3. The predicted octanol–water partition coefficient (Wildman–Crippen LogP) is 4.05. The van der Waals surface area contributed by atoms with E-state index in [0.717, 1.165) is 55.5 Å². The summed E-state index contributed by atoms with van der Waals surface area (Å²) in [5, 5.41) is 3.69. The lowest BCUT2D eigenvalue weighted by Gasteiger charge is -2.34. The molecule has 2 aromatic rings. The van der Waals surface area contributed by atoms with E-state index in [1.807, 2.05) is 36.4 Å². The molecule has 1 amide bonds.